The van der Waals surface area contributed by atoms with Gasteiger partial charge in [-0.05, 0) is 44.0 Å². The summed E-state index contributed by atoms with van der Waals surface area (Å²) in [7, 11) is 0. The highest BCUT2D eigenvalue weighted by atomic mass is 35.5. The summed E-state index contributed by atoms with van der Waals surface area (Å²) in [6.45, 7) is 9.28. The minimum absolute atomic E-state index is 0.155. The van der Waals surface area contributed by atoms with Crippen molar-refractivity contribution in [3.05, 3.63) is 50.9 Å². The monoisotopic (exact) mass is 445 g/mol. The third-order valence-corrected chi connectivity index (χ3v) is 5.85. The van der Waals surface area contributed by atoms with E-state index >= 15 is 0 Å². The molecular formula is C22H25Cl2N5O. The number of hydrogen-bond acceptors (Lipinski definition) is 4. The van der Waals surface area contributed by atoms with Crippen molar-refractivity contribution in [2.24, 2.45) is 0 Å². The molecule has 158 valence electrons. The molecule has 1 aliphatic heterocycles. The van der Waals surface area contributed by atoms with Crippen molar-refractivity contribution in [3.63, 3.8) is 0 Å². The van der Waals surface area contributed by atoms with E-state index in [9.17, 15) is 10.1 Å². The molecule has 30 heavy (non-hydrogen) atoms. The van der Waals surface area contributed by atoms with Crippen LogP contribution in [0.25, 0.3) is 6.08 Å². The van der Waals surface area contributed by atoms with E-state index in [2.05, 4.69) is 22.5 Å². The number of halogens is 2. The molecule has 1 amide bonds. The highest BCUT2D eigenvalue weighted by Gasteiger charge is 2.25. The quantitative estimate of drug-likeness (QED) is 0.502. The standard InChI is InChI=1S/C22H25Cl2N5O/c1-4-5-29-15(2)10-17(16(29)3)11-18(13-25)22(30)28-8-6-27(7-9-28)21-20(24)12-19(23)14-26-21/h10-12,14H,4-9H2,1-3H3/b18-11-. The van der Waals surface area contributed by atoms with Crippen molar-refractivity contribution < 1.29 is 4.79 Å². The van der Waals surface area contributed by atoms with Crippen molar-refractivity contribution in [3.8, 4) is 6.07 Å². The summed E-state index contributed by atoms with van der Waals surface area (Å²) >= 11 is 12.2. The van der Waals surface area contributed by atoms with Gasteiger partial charge in [0.25, 0.3) is 5.91 Å². The van der Waals surface area contributed by atoms with Crippen molar-refractivity contribution >= 4 is 41.0 Å². The summed E-state index contributed by atoms with van der Waals surface area (Å²) in [4.78, 5) is 21.0. The van der Waals surface area contributed by atoms with E-state index in [0.717, 1.165) is 29.9 Å². The first kappa shape index (κ1) is 22.2. The number of carbonyl (C=O) groups is 1. The number of anilines is 1. The number of amides is 1. The summed E-state index contributed by atoms with van der Waals surface area (Å²) in [5, 5.41) is 10.6. The first-order chi connectivity index (χ1) is 14.3. The normalized spacial score (nSPS) is 14.7. The fourth-order valence-corrected chi connectivity index (χ4v) is 4.27. The molecule has 0 aromatic carbocycles. The smallest absolute Gasteiger partial charge is 0.264 e. The van der Waals surface area contributed by atoms with Crippen LogP contribution in [0.3, 0.4) is 0 Å². The largest absolute Gasteiger partial charge is 0.352 e. The van der Waals surface area contributed by atoms with Gasteiger partial charge in [-0.25, -0.2) is 4.98 Å². The summed E-state index contributed by atoms with van der Waals surface area (Å²) in [5.74, 6) is 0.417. The lowest BCUT2D eigenvalue weighted by molar-refractivity contribution is -0.126. The van der Waals surface area contributed by atoms with E-state index in [-0.39, 0.29) is 11.5 Å². The van der Waals surface area contributed by atoms with E-state index in [1.807, 2.05) is 24.8 Å². The summed E-state index contributed by atoms with van der Waals surface area (Å²) in [6.07, 6.45) is 4.30. The van der Waals surface area contributed by atoms with Gasteiger partial charge >= 0.3 is 0 Å². The third-order valence-electron chi connectivity index (χ3n) is 5.37. The summed E-state index contributed by atoms with van der Waals surface area (Å²) < 4.78 is 2.22. The van der Waals surface area contributed by atoms with E-state index < -0.39 is 0 Å². The average molecular weight is 446 g/mol. The number of rotatable bonds is 5. The number of piperazine rings is 1. The molecule has 0 atom stereocenters. The van der Waals surface area contributed by atoms with Gasteiger partial charge in [0, 0.05) is 50.3 Å². The van der Waals surface area contributed by atoms with Gasteiger partial charge in [0.2, 0.25) is 0 Å². The van der Waals surface area contributed by atoms with Gasteiger partial charge < -0.3 is 14.4 Å². The molecule has 0 N–H and O–H groups in total. The molecular weight excluding hydrogens is 421 g/mol. The molecule has 1 saturated heterocycles. The molecule has 1 fully saturated rings. The van der Waals surface area contributed by atoms with Crippen LogP contribution in [0.4, 0.5) is 5.82 Å². The predicted molar refractivity (Wildman–Crippen MR) is 121 cm³/mol. The Balaban J connectivity index is 1.72. The lowest BCUT2D eigenvalue weighted by Crippen LogP contribution is -2.49. The Morgan fingerprint density at radius 2 is 1.93 bits per heavy atom. The Hall–Kier alpha value is -2.49. The number of hydrogen-bond donors (Lipinski definition) is 0. The Kier molecular flexibility index (Phi) is 7.06. The maximum atomic E-state index is 13.0. The second-order valence-electron chi connectivity index (χ2n) is 7.39. The fourth-order valence-electron chi connectivity index (χ4n) is 3.77. The van der Waals surface area contributed by atoms with Gasteiger partial charge in [0.1, 0.15) is 17.5 Å². The van der Waals surface area contributed by atoms with E-state index in [0.29, 0.717) is 42.0 Å². The summed E-state index contributed by atoms with van der Waals surface area (Å²) in [5.41, 5.74) is 3.28. The van der Waals surface area contributed by atoms with Crippen LogP contribution in [0.5, 0.6) is 0 Å². The molecule has 0 unspecified atom stereocenters. The number of pyridine rings is 1. The first-order valence-corrected chi connectivity index (χ1v) is 10.7. The van der Waals surface area contributed by atoms with Gasteiger partial charge in [-0.2, -0.15) is 5.26 Å². The molecule has 2 aromatic heterocycles. The minimum atomic E-state index is -0.243. The Labute approximate surface area is 187 Å². The third kappa shape index (κ3) is 4.63. The molecule has 3 rings (SSSR count). The molecule has 0 spiro atoms. The van der Waals surface area contributed by atoms with Crippen LogP contribution in [0.1, 0.15) is 30.3 Å². The zero-order valence-corrected chi connectivity index (χ0v) is 19.0. The molecule has 0 saturated carbocycles. The lowest BCUT2D eigenvalue weighted by atomic mass is 10.1. The van der Waals surface area contributed by atoms with Crippen LogP contribution in [0.2, 0.25) is 10.0 Å². The summed E-state index contributed by atoms with van der Waals surface area (Å²) in [6, 6.07) is 5.78. The molecule has 2 aromatic rings. The molecule has 8 heteroatoms. The van der Waals surface area contributed by atoms with Gasteiger partial charge in [0.15, 0.2) is 0 Å². The van der Waals surface area contributed by atoms with Crippen LogP contribution in [-0.2, 0) is 11.3 Å². The minimum Gasteiger partial charge on any atom is -0.352 e. The SMILES string of the molecule is CCCn1c(C)cc(/C=C(/C#N)C(=O)N2CCN(c3ncc(Cl)cc3Cl)CC2)c1C. The maximum Gasteiger partial charge on any atom is 0.264 e. The van der Waals surface area contributed by atoms with Gasteiger partial charge in [-0.1, -0.05) is 30.1 Å². The van der Waals surface area contributed by atoms with Gasteiger partial charge in [-0.15, -0.1) is 0 Å². The van der Waals surface area contributed by atoms with Crippen molar-refractivity contribution in [1.82, 2.24) is 14.5 Å². The molecule has 0 bridgehead atoms. The number of aryl methyl sites for hydroxylation is 1. The second kappa shape index (κ2) is 9.55. The second-order valence-corrected chi connectivity index (χ2v) is 8.23. The Morgan fingerprint density at radius 3 is 2.53 bits per heavy atom. The molecule has 0 radical (unpaired) electrons. The maximum absolute atomic E-state index is 13.0. The number of nitriles is 1. The van der Waals surface area contributed by atoms with E-state index in [4.69, 9.17) is 23.2 Å². The number of nitrogens with zero attached hydrogens (tertiary/aromatic N) is 5. The van der Waals surface area contributed by atoms with Gasteiger partial charge in [0.05, 0.1) is 10.0 Å². The zero-order valence-electron chi connectivity index (χ0n) is 17.5. The first-order valence-electron chi connectivity index (χ1n) is 9.99. The van der Waals surface area contributed by atoms with Crippen LogP contribution in [0, 0.1) is 25.2 Å². The highest BCUT2D eigenvalue weighted by molar-refractivity contribution is 6.36. The van der Waals surface area contributed by atoms with Crippen LogP contribution >= 0.6 is 23.2 Å². The topological polar surface area (TPSA) is 65.2 Å². The Morgan fingerprint density at radius 1 is 1.23 bits per heavy atom. The van der Waals surface area contributed by atoms with Crippen molar-refractivity contribution in [2.45, 2.75) is 33.7 Å². The lowest BCUT2D eigenvalue weighted by Gasteiger charge is -2.35. The predicted octanol–water partition coefficient (Wildman–Crippen LogP) is 4.47. The molecule has 0 aliphatic carbocycles. The van der Waals surface area contributed by atoms with E-state index in [1.54, 1.807) is 23.2 Å². The zero-order chi connectivity index (χ0) is 21.8. The van der Waals surface area contributed by atoms with E-state index in [1.165, 1.54) is 0 Å². The van der Waals surface area contributed by atoms with Crippen molar-refractivity contribution in [1.29, 1.82) is 5.26 Å². The number of carbonyl (C=O) groups excluding carboxylic acids is 1. The van der Waals surface area contributed by atoms with Crippen LogP contribution in [0.15, 0.2) is 23.9 Å². The van der Waals surface area contributed by atoms with Crippen LogP contribution < -0.4 is 4.90 Å². The average Bonchev–Trinajstić information content (AvgIpc) is 2.99. The molecule has 6 nitrogen and oxygen atoms in total. The highest BCUT2D eigenvalue weighted by Crippen LogP contribution is 2.27. The van der Waals surface area contributed by atoms with Crippen LogP contribution in [-0.4, -0.2) is 46.5 Å². The fraction of sp³-hybridized carbons (Fsp3) is 0.409. The van der Waals surface area contributed by atoms with Crippen molar-refractivity contribution in [2.75, 3.05) is 31.1 Å². The molecule has 1 aliphatic rings. The van der Waals surface area contributed by atoms with Gasteiger partial charge in [-0.3, -0.25) is 4.79 Å². The number of aromatic nitrogens is 2. The molecule has 3 heterocycles. The Bertz CT molecular complexity index is 1010.